The van der Waals surface area contributed by atoms with Crippen molar-refractivity contribution in [2.45, 2.75) is 64.6 Å². The predicted octanol–water partition coefficient (Wildman–Crippen LogP) is 2.74. The zero-order valence-corrected chi connectivity index (χ0v) is 12.7. The van der Waals surface area contributed by atoms with Crippen molar-refractivity contribution in [1.82, 2.24) is 0 Å². The van der Waals surface area contributed by atoms with Crippen LogP contribution in [-0.4, -0.2) is 36.5 Å². The van der Waals surface area contributed by atoms with Crippen molar-refractivity contribution in [3.63, 3.8) is 0 Å². The highest BCUT2D eigenvalue weighted by Gasteiger charge is 2.34. The molecule has 0 aliphatic rings. The third kappa shape index (κ3) is 5.83. The van der Waals surface area contributed by atoms with Crippen molar-refractivity contribution in [2.24, 2.45) is 0 Å². The van der Waals surface area contributed by atoms with Crippen LogP contribution in [0.5, 0.6) is 0 Å². The largest absolute Gasteiger partial charge is 0.368 e. The van der Waals surface area contributed by atoms with E-state index in [0.717, 1.165) is 6.29 Å². The Hall–Kier alpha value is -0.740. The standard InChI is InChI=1S/C15H27O4/c1-6-10-15(5,19-8-3)13(17)9-11-14(4,12-16)18-7-2/h12H,1,6-11H2,2-5H3. The molecule has 19 heavy (non-hydrogen) atoms. The van der Waals surface area contributed by atoms with Crippen LogP contribution in [0.15, 0.2) is 0 Å². The van der Waals surface area contributed by atoms with Gasteiger partial charge in [-0.15, -0.1) is 0 Å². The fourth-order valence-corrected chi connectivity index (χ4v) is 2.07. The first-order valence-corrected chi connectivity index (χ1v) is 6.94. The van der Waals surface area contributed by atoms with E-state index in [1.54, 1.807) is 13.8 Å². The molecule has 0 N–H and O–H groups in total. The van der Waals surface area contributed by atoms with Crippen molar-refractivity contribution in [3.05, 3.63) is 6.92 Å². The Kier molecular flexibility index (Phi) is 8.11. The van der Waals surface area contributed by atoms with Crippen LogP contribution in [0.2, 0.25) is 0 Å². The number of ether oxygens (including phenoxy) is 2. The fraction of sp³-hybridized carbons (Fsp3) is 0.800. The third-order valence-electron chi connectivity index (χ3n) is 3.28. The molecule has 0 amide bonds. The van der Waals surface area contributed by atoms with Crippen LogP contribution in [0, 0.1) is 6.92 Å². The van der Waals surface area contributed by atoms with Crippen LogP contribution in [0.25, 0.3) is 0 Å². The normalized spacial score (nSPS) is 17.5. The van der Waals surface area contributed by atoms with E-state index >= 15 is 0 Å². The molecule has 0 rings (SSSR count). The van der Waals surface area contributed by atoms with Crippen molar-refractivity contribution in [3.8, 4) is 0 Å². The Morgan fingerprint density at radius 3 is 2.16 bits per heavy atom. The summed E-state index contributed by atoms with van der Waals surface area (Å²) in [6.45, 7) is 11.9. The van der Waals surface area contributed by atoms with Crippen LogP contribution >= 0.6 is 0 Å². The molecule has 0 saturated heterocycles. The maximum Gasteiger partial charge on any atom is 0.164 e. The van der Waals surface area contributed by atoms with Gasteiger partial charge in [-0.2, -0.15) is 0 Å². The zero-order chi connectivity index (χ0) is 14.9. The first-order valence-electron chi connectivity index (χ1n) is 6.94. The van der Waals surface area contributed by atoms with E-state index in [9.17, 15) is 9.59 Å². The molecule has 0 aliphatic heterocycles. The first kappa shape index (κ1) is 18.3. The fourth-order valence-electron chi connectivity index (χ4n) is 2.07. The van der Waals surface area contributed by atoms with Gasteiger partial charge in [0.1, 0.15) is 11.2 Å². The number of rotatable bonds is 11. The van der Waals surface area contributed by atoms with E-state index in [1.165, 1.54) is 0 Å². The number of carbonyl (C=O) groups is 2. The molecule has 0 saturated carbocycles. The molecule has 0 spiro atoms. The van der Waals surface area contributed by atoms with Crippen LogP contribution in [0.3, 0.4) is 0 Å². The molecule has 0 fully saturated rings. The van der Waals surface area contributed by atoms with Crippen LogP contribution in [0.4, 0.5) is 0 Å². The van der Waals surface area contributed by atoms with Gasteiger partial charge in [0.2, 0.25) is 0 Å². The van der Waals surface area contributed by atoms with E-state index in [4.69, 9.17) is 9.47 Å². The minimum absolute atomic E-state index is 0.00535. The van der Waals surface area contributed by atoms with Gasteiger partial charge in [0.05, 0.1) is 0 Å². The number of Topliss-reactive ketones (excluding diaryl/α,β-unsaturated/α-hetero) is 1. The highest BCUT2D eigenvalue weighted by atomic mass is 16.5. The molecule has 1 radical (unpaired) electrons. The van der Waals surface area contributed by atoms with Gasteiger partial charge in [-0.3, -0.25) is 4.79 Å². The van der Waals surface area contributed by atoms with Crippen LogP contribution in [-0.2, 0) is 19.1 Å². The molecule has 111 valence electrons. The summed E-state index contributed by atoms with van der Waals surface area (Å²) in [5.41, 5.74) is -1.69. The van der Waals surface area contributed by atoms with Crippen LogP contribution < -0.4 is 0 Å². The minimum atomic E-state index is -0.887. The van der Waals surface area contributed by atoms with Gasteiger partial charge in [-0.1, -0.05) is 13.3 Å². The Morgan fingerprint density at radius 2 is 1.74 bits per heavy atom. The maximum atomic E-state index is 12.3. The molecule has 0 heterocycles. The predicted molar refractivity (Wildman–Crippen MR) is 75.0 cm³/mol. The lowest BCUT2D eigenvalue weighted by molar-refractivity contribution is -0.145. The van der Waals surface area contributed by atoms with E-state index in [0.29, 0.717) is 32.5 Å². The minimum Gasteiger partial charge on any atom is -0.368 e. The molecule has 0 bridgehead atoms. The van der Waals surface area contributed by atoms with E-state index in [1.807, 2.05) is 13.8 Å². The lowest BCUT2D eigenvalue weighted by Gasteiger charge is -2.29. The summed E-state index contributed by atoms with van der Waals surface area (Å²) >= 11 is 0. The SMILES string of the molecule is [CH2]CCC(C)(OCC)C(=O)CCC(C)(C=O)OCC. The van der Waals surface area contributed by atoms with Crippen molar-refractivity contribution >= 4 is 12.1 Å². The third-order valence-corrected chi connectivity index (χ3v) is 3.28. The second-order valence-corrected chi connectivity index (χ2v) is 5.05. The van der Waals surface area contributed by atoms with E-state index in [2.05, 4.69) is 6.92 Å². The summed E-state index contributed by atoms with van der Waals surface area (Å²) in [6, 6.07) is 0. The monoisotopic (exact) mass is 271 g/mol. The number of carbonyl (C=O) groups excluding carboxylic acids is 2. The van der Waals surface area contributed by atoms with Gasteiger partial charge in [0, 0.05) is 19.6 Å². The average molecular weight is 271 g/mol. The molecule has 2 atom stereocenters. The van der Waals surface area contributed by atoms with Gasteiger partial charge in [-0.25, -0.2) is 0 Å². The highest BCUT2D eigenvalue weighted by Crippen LogP contribution is 2.24. The van der Waals surface area contributed by atoms with E-state index in [-0.39, 0.29) is 12.2 Å². The molecule has 0 aromatic rings. The summed E-state index contributed by atoms with van der Waals surface area (Å²) in [5, 5.41) is 0. The first-order chi connectivity index (χ1) is 8.87. The number of hydrogen-bond acceptors (Lipinski definition) is 4. The smallest absolute Gasteiger partial charge is 0.164 e. The van der Waals surface area contributed by atoms with Gasteiger partial charge in [0.25, 0.3) is 0 Å². The quantitative estimate of drug-likeness (QED) is 0.542. The molecule has 4 heteroatoms. The Bertz CT molecular complexity index is 282. The molecule has 0 aromatic carbocycles. The van der Waals surface area contributed by atoms with Gasteiger partial charge < -0.3 is 14.3 Å². The zero-order valence-electron chi connectivity index (χ0n) is 12.7. The summed E-state index contributed by atoms with van der Waals surface area (Å²) in [4.78, 5) is 23.3. The number of ketones is 1. The highest BCUT2D eigenvalue weighted by molar-refractivity contribution is 5.87. The Labute approximate surface area is 116 Å². The lowest BCUT2D eigenvalue weighted by atomic mass is 9.89. The van der Waals surface area contributed by atoms with Gasteiger partial charge in [0.15, 0.2) is 12.1 Å². The maximum absolute atomic E-state index is 12.3. The summed E-state index contributed by atoms with van der Waals surface area (Å²) in [6.07, 6.45) is 2.64. The molecule has 0 aromatic heterocycles. The lowest BCUT2D eigenvalue weighted by Crippen LogP contribution is -2.40. The molecular weight excluding hydrogens is 244 g/mol. The summed E-state index contributed by atoms with van der Waals surface area (Å²) in [7, 11) is 0. The van der Waals surface area contributed by atoms with E-state index < -0.39 is 11.2 Å². The molecule has 4 nitrogen and oxygen atoms in total. The van der Waals surface area contributed by atoms with Gasteiger partial charge >= 0.3 is 0 Å². The summed E-state index contributed by atoms with van der Waals surface area (Å²) in [5.74, 6) is 0.00535. The number of hydrogen-bond donors (Lipinski definition) is 0. The molecular formula is C15H27O4. The van der Waals surface area contributed by atoms with Crippen molar-refractivity contribution in [2.75, 3.05) is 13.2 Å². The van der Waals surface area contributed by atoms with Crippen molar-refractivity contribution in [1.29, 1.82) is 0 Å². The summed E-state index contributed by atoms with van der Waals surface area (Å²) < 4.78 is 11.0. The second-order valence-electron chi connectivity index (χ2n) is 5.05. The van der Waals surface area contributed by atoms with Gasteiger partial charge in [-0.05, 0) is 40.5 Å². The second kappa shape index (κ2) is 8.43. The molecule has 2 unspecified atom stereocenters. The Balaban J connectivity index is 4.60. The van der Waals surface area contributed by atoms with Crippen LogP contribution in [0.1, 0.15) is 53.4 Å². The number of aldehydes is 1. The topological polar surface area (TPSA) is 52.6 Å². The molecule has 0 aliphatic carbocycles. The average Bonchev–Trinajstić information content (AvgIpc) is 2.37. The Morgan fingerprint density at radius 1 is 1.16 bits per heavy atom. The van der Waals surface area contributed by atoms with Crippen molar-refractivity contribution < 1.29 is 19.1 Å².